The Hall–Kier alpha value is -3.31. The molecule has 2 aromatic heterocycles. The zero-order chi connectivity index (χ0) is 21.6. The molecule has 10 nitrogen and oxygen atoms in total. The maximum Gasteiger partial charge on any atom is 0.266 e. The summed E-state index contributed by atoms with van der Waals surface area (Å²) in [5.41, 5.74) is 4.01. The van der Waals surface area contributed by atoms with Crippen LogP contribution in [0.15, 0.2) is 46.5 Å². The molecule has 1 aliphatic carbocycles. The van der Waals surface area contributed by atoms with Gasteiger partial charge in [-0.25, -0.2) is 24.0 Å². The van der Waals surface area contributed by atoms with Crippen LogP contribution in [0.1, 0.15) is 37.8 Å². The lowest BCUT2D eigenvalue weighted by atomic mass is 9.80. The number of carbonyl (C=O) groups is 1. The first-order chi connectivity index (χ1) is 14.9. The Morgan fingerprint density at radius 2 is 1.87 bits per heavy atom. The molecular weight excluding hydrogens is 418 g/mol. The number of nitrogens with two attached hydrogens (primary N) is 1. The summed E-state index contributed by atoms with van der Waals surface area (Å²) in [5.74, 6) is 0.218. The van der Waals surface area contributed by atoms with Gasteiger partial charge in [-0.3, -0.25) is 4.79 Å². The van der Waals surface area contributed by atoms with Gasteiger partial charge in [0.15, 0.2) is 0 Å². The van der Waals surface area contributed by atoms with Crippen molar-refractivity contribution in [2.45, 2.75) is 42.5 Å². The number of anilines is 2. The Labute approximate surface area is 178 Å². The summed E-state index contributed by atoms with van der Waals surface area (Å²) in [4.78, 5) is 22.1. The van der Waals surface area contributed by atoms with Gasteiger partial charge in [0.05, 0.1) is 16.8 Å². The molecule has 0 saturated heterocycles. The van der Waals surface area contributed by atoms with Crippen LogP contribution in [0.2, 0.25) is 0 Å². The number of carbonyl (C=O) groups excluding carboxylic acids is 1. The van der Waals surface area contributed by atoms with Crippen LogP contribution in [-0.2, 0) is 20.4 Å². The van der Waals surface area contributed by atoms with Crippen molar-refractivity contribution >= 4 is 44.8 Å². The molecule has 5 rings (SSSR count). The molecule has 2 aliphatic rings. The lowest BCUT2D eigenvalue weighted by molar-refractivity contribution is -0.131. The molecule has 0 atom stereocenters. The second-order valence-corrected chi connectivity index (χ2v) is 9.42. The first-order valence-corrected chi connectivity index (χ1v) is 11.5. The largest absolute Gasteiger partial charge is 0.324 e. The third kappa shape index (κ3) is 3.35. The fourth-order valence-electron chi connectivity index (χ4n) is 4.42. The minimum Gasteiger partial charge on any atom is -0.324 e. The van der Waals surface area contributed by atoms with Crippen LogP contribution in [0.25, 0.3) is 11.0 Å². The second kappa shape index (κ2) is 7.13. The Kier molecular flexibility index (Phi) is 4.52. The Morgan fingerprint density at radius 3 is 2.58 bits per heavy atom. The van der Waals surface area contributed by atoms with Crippen molar-refractivity contribution < 1.29 is 13.2 Å². The van der Waals surface area contributed by atoms with E-state index >= 15 is 0 Å². The molecule has 31 heavy (non-hydrogen) atoms. The Bertz CT molecular complexity index is 1310. The zero-order valence-electron chi connectivity index (χ0n) is 16.6. The molecule has 1 aromatic carbocycles. The minimum atomic E-state index is -3.76. The summed E-state index contributed by atoms with van der Waals surface area (Å²) >= 11 is 0. The van der Waals surface area contributed by atoms with Crippen LogP contribution >= 0.6 is 0 Å². The van der Waals surface area contributed by atoms with Gasteiger partial charge in [-0.2, -0.15) is 10.1 Å². The number of hydrogen-bond acceptors (Lipinski definition) is 7. The first-order valence-electron chi connectivity index (χ1n) is 9.99. The third-order valence-corrected chi connectivity index (χ3v) is 6.83. The van der Waals surface area contributed by atoms with Crippen molar-refractivity contribution in [2.75, 3.05) is 5.32 Å². The summed E-state index contributed by atoms with van der Waals surface area (Å²) in [6.45, 7) is 0. The highest BCUT2D eigenvalue weighted by molar-refractivity contribution is 7.89. The Balaban J connectivity index is 1.57. The highest BCUT2D eigenvalue weighted by Crippen LogP contribution is 2.39. The zero-order valence-corrected chi connectivity index (χ0v) is 17.4. The van der Waals surface area contributed by atoms with E-state index in [4.69, 9.17) is 10.1 Å². The molecule has 4 N–H and O–H groups in total. The van der Waals surface area contributed by atoms with Gasteiger partial charge in [-0.05, 0) is 43.2 Å². The lowest BCUT2D eigenvalue weighted by Crippen LogP contribution is -2.48. The number of sulfonamides is 1. The smallest absolute Gasteiger partial charge is 0.266 e. The molecule has 11 heteroatoms. The second-order valence-electron chi connectivity index (χ2n) is 7.86. The number of primary sulfonamides is 1. The third-order valence-electron chi connectivity index (χ3n) is 5.90. The van der Waals surface area contributed by atoms with Crippen LogP contribution in [0, 0.1) is 0 Å². The fourth-order valence-corrected chi connectivity index (χ4v) is 4.94. The highest BCUT2D eigenvalue weighted by Gasteiger charge is 2.44. The summed E-state index contributed by atoms with van der Waals surface area (Å²) < 4.78 is 24.9. The van der Waals surface area contributed by atoms with E-state index < -0.39 is 15.6 Å². The van der Waals surface area contributed by atoms with Crippen LogP contribution in [-0.4, -0.2) is 35.1 Å². The van der Waals surface area contributed by atoms with E-state index in [1.165, 1.54) is 12.1 Å². The maximum atomic E-state index is 13.0. The van der Waals surface area contributed by atoms with Gasteiger partial charge in [-0.1, -0.05) is 19.3 Å². The lowest BCUT2D eigenvalue weighted by Gasteiger charge is -2.36. The number of hydrogen-bond donors (Lipinski definition) is 3. The molecule has 0 unspecified atom stereocenters. The summed E-state index contributed by atoms with van der Waals surface area (Å²) in [5, 5.41) is 13.1. The molecule has 1 amide bonds. The van der Waals surface area contributed by atoms with Crippen molar-refractivity contribution in [3.8, 4) is 0 Å². The van der Waals surface area contributed by atoms with Crippen molar-refractivity contribution in [1.82, 2.24) is 20.0 Å². The van der Waals surface area contributed by atoms with Gasteiger partial charge in [0.2, 0.25) is 16.0 Å². The molecule has 0 bridgehead atoms. The molecule has 3 heterocycles. The summed E-state index contributed by atoms with van der Waals surface area (Å²) in [6, 6.07) is 7.94. The number of nitrogens with one attached hydrogen (secondary N) is 2. The average Bonchev–Trinajstić information content (AvgIpc) is 3.06. The van der Waals surface area contributed by atoms with E-state index in [9.17, 15) is 13.2 Å². The van der Waals surface area contributed by atoms with E-state index in [2.05, 4.69) is 20.8 Å². The molecule has 160 valence electrons. The van der Waals surface area contributed by atoms with Gasteiger partial charge in [0.25, 0.3) is 5.91 Å². The van der Waals surface area contributed by atoms with Crippen LogP contribution in [0.4, 0.5) is 11.6 Å². The van der Waals surface area contributed by atoms with E-state index in [1.54, 1.807) is 24.5 Å². The Morgan fingerprint density at radius 1 is 1.13 bits per heavy atom. The SMILES string of the molecule is NS(=O)(=O)c1ccc(Nc2ncc3cc4n(c3n2)C2(CCCCC2)C(=O)NN=C4)cc1. The molecule has 1 spiro atoms. The minimum absolute atomic E-state index is 0.0240. The molecule has 1 saturated carbocycles. The number of rotatable bonds is 3. The van der Waals surface area contributed by atoms with Gasteiger partial charge in [0, 0.05) is 17.3 Å². The molecule has 3 aromatic rings. The van der Waals surface area contributed by atoms with E-state index in [1.807, 2.05) is 10.6 Å². The van der Waals surface area contributed by atoms with Crippen LogP contribution in [0.5, 0.6) is 0 Å². The van der Waals surface area contributed by atoms with E-state index in [0.29, 0.717) is 17.3 Å². The number of hydrazone groups is 1. The molecule has 0 radical (unpaired) electrons. The number of fused-ring (bicyclic) bond motifs is 4. The summed E-state index contributed by atoms with van der Waals surface area (Å²) in [7, 11) is -3.76. The standard InChI is InChI=1S/C20H21N7O3S/c21-31(29,30)16-6-4-14(5-7-16)24-19-22-11-13-10-15-12-23-26-18(28)20(8-2-1-3-9-20)27(15)17(13)25-19/h4-7,10-12H,1-3,8-9H2,(H,26,28)(H2,21,29,30)(H,22,24,25). The number of amides is 1. The van der Waals surface area contributed by atoms with Crippen molar-refractivity contribution in [3.63, 3.8) is 0 Å². The predicted octanol–water partition coefficient (Wildman–Crippen LogP) is 1.95. The number of aromatic nitrogens is 3. The predicted molar refractivity (Wildman–Crippen MR) is 115 cm³/mol. The normalized spacial score (nSPS) is 17.9. The van der Waals surface area contributed by atoms with Gasteiger partial charge >= 0.3 is 0 Å². The number of nitrogens with zero attached hydrogens (tertiary/aromatic N) is 4. The molecule has 1 fully saturated rings. The van der Waals surface area contributed by atoms with Gasteiger partial charge in [0.1, 0.15) is 11.2 Å². The van der Waals surface area contributed by atoms with Gasteiger partial charge in [-0.15, -0.1) is 0 Å². The van der Waals surface area contributed by atoms with E-state index in [-0.39, 0.29) is 10.8 Å². The highest BCUT2D eigenvalue weighted by atomic mass is 32.2. The van der Waals surface area contributed by atoms with E-state index in [0.717, 1.165) is 43.2 Å². The fraction of sp³-hybridized carbons (Fsp3) is 0.300. The van der Waals surface area contributed by atoms with Crippen LogP contribution in [0.3, 0.4) is 0 Å². The monoisotopic (exact) mass is 439 g/mol. The average molecular weight is 440 g/mol. The van der Waals surface area contributed by atoms with Crippen molar-refractivity contribution in [2.24, 2.45) is 10.2 Å². The van der Waals surface area contributed by atoms with Crippen LogP contribution < -0.4 is 15.9 Å². The first kappa shape index (κ1) is 19.6. The molecule has 1 aliphatic heterocycles. The quantitative estimate of drug-likeness (QED) is 0.569. The van der Waals surface area contributed by atoms with Crippen molar-refractivity contribution in [3.05, 3.63) is 42.2 Å². The topological polar surface area (TPSA) is 144 Å². The molecular formula is C20H21N7O3S. The summed E-state index contributed by atoms with van der Waals surface area (Å²) in [6.07, 6.45) is 7.80. The number of benzene rings is 1. The maximum absolute atomic E-state index is 13.0. The van der Waals surface area contributed by atoms with Gasteiger partial charge < -0.3 is 9.88 Å². The van der Waals surface area contributed by atoms with Crippen molar-refractivity contribution in [1.29, 1.82) is 0 Å².